The van der Waals surface area contributed by atoms with E-state index in [1.807, 2.05) is 105 Å². The van der Waals surface area contributed by atoms with Gasteiger partial charge in [-0.15, -0.1) is 17.7 Å². The summed E-state index contributed by atoms with van der Waals surface area (Å²) in [5.41, 5.74) is 7.42. The summed E-state index contributed by atoms with van der Waals surface area (Å²) in [5.74, 6) is 7.82. The number of aryl methyl sites for hydroxylation is 1. The number of benzene rings is 4. The van der Waals surface area contributed by atoms with Gasteiger partial charge in [0, 0.05) is 38.5 Å². The van der Waals surface area contributed by atoms with Gasteiger partial charge in [-0.3, -0.25) is 0 Å². The first-order valence-electron chi connectivity index (χ1n) is 23.3. The fourth-order valence-corrected chi connectivity index (χ4v) is 11.4. The van der Waals surface area contributed by atoms with Crippen LogP contribution in [0.25, 0.3) is 55.6 Å². The van der Waals surface area contributed by atoms with Crippen molar-refractivity contribution < 1.29 is 34.1 Å². The van der Waals surface area contributed by atoms with Gasteiger partial charge in [0.15, 0.2) is 0 Å². The first-order chi connectivity index (χ1) is 29.3. The van der Waals surface area contributed by atoms with Crippen LogP contribution in [0.15, 0.2) is 114 Å². The Morgan fingerprint density at radius 3 is 2.38 bits per heavy atom. The first kappa shape index (κ1) is 32.2. The molecular weight excluding hydrogens is 921 g/mol. The molecule has 5 heteroatoms. The molecule has 0 saturated heterocycles. The average Bonchev–Trinajstić information content (AvgIpc) is 3.65. The third kappa shape index (κ3) is 8.84. The number of pyridine rings is 2. The van der Waals surface area contributed by atoms with Gasteiger partial charge in [0.1, 0.15) is 5.58 Å². The van der Waals surface area contributed by atoms with E-state index in [1.165, 1.54) is 18.9 Å². The summed E-state index contributed by atoms with van der Waals surface area (Å²) in [7, 11) is 0. The second kappa shape index (κ2) is 17.3. The molecular formula is C51H54GeIrN2O-2. The van der Waals surface area contributed by atoms with Crippen molar-refractivity contribution in [1.82, 2.24) is 9.97 Å². The SMILES string of the molecule is [2H]C([2H])([2H])c1c[c-]c(-c2cc(C([2H])([2H])C3CC4CCC3CC4)ccn2)c2oc3cc(-c4ccccc4)ccc3c12.[2H]C([2H])(c1cc(-c2[c-]cccc2)nc[c]1[Ge]([CH3])([CH3])[CH3])C(C)C.[Ir]. The van der Waals surface area contributed by atoms with Crippen molar-refractivity contribution in [2.75, 3.05) is 0 Å². The number of rotatable bonds is 8. The van der Waals surface area contributed by atoms with Gasteiger partial charge in [-0.1, -0.05) is 84.7 Å². The third-order valence-corrected chi connectivity index (χ3v) is 15.4. The second-order valence-electron chi connectivity index (χ2n) is 16.6. The molecule has 10 rings (SSSR count). The van der Waals surface area contributed by atoms with E-state index in [0.29, 0.717) is 45.2 Å². The third-order valence-electron chi connectivity index (χ3n) is 11.2. The number of hydrogen-bond acceptors (Lipinski definition) is 3. The molecule has 0 amide bonds. The maximum Gasteiger partial charge on any atom is 0 e. The zero-order chi connectivity index (χ0) is 44.2. The summed E-state index contributed by atoms with van der Waals surface area (Å²) in [6.07, 6.45) is 6.34. The molecule has 3 heterocycles. The van der Waals surface area contributed by atoms with Crippen LogP contribution in [-0.4, -0.2) is 23.2 Å². The molecule has 3 aliphatic carbocycles. The molecule has 7 aromatic rings. The van der Waals surface area contributed by atoms with Crippen LogP contribution in [0.3, 0.4) is 0 Å². The minimum Gasteiger partial charge on any atom is 0 e. The fourth-order valence-electron chi connectivity index (χ4n) is 8.43. The summed E-state index contributed by atoms with van der Waals surface area (Å²) < 4.78 is 67.6. The molecule has 1 unspecified atom stereocenters. The number of aromatic nitrogens is 2. The molecule has 3 fully saturated rings. The van der Waals surface area contributed by atoms with Crippen molar-refractivity contribution >= 4 is 39.6 Å². The van der Waals surface area contributed by atoms with E-state index >= 15 is 0 Å². The van der Waals surface area contributed by atoms with Crippen LogP contribution in [0.5, 0.6) is 0 Å². The number of hydrogen-bond donors (Lipinski definition) is 0. The predicted molar refractivity (Wildman–Crippen MR) is 233 cm³/mol. The van der Waals surface area contributed by atoms with Crippen molar-refractivity contribution in [1.29, 1.82) is 0 Å². The van der Waals surface area contributed by atoms with E-state index in [0.717, 1.165) is 57.0 Å². The monoisotopic (exact) mass is 984 g/mol. The van der Waals surface area contributed by atoms with E-state index in [1.54, 1.807) is 12.3 Å². The van der Waals surface area contributed by atoms with Crippen molar-refractivity contribution in [3.63, 3.8) is 0 Å². The van der Waals surface area contributed by atoms with E-state index in [9.17, 15) is 2.74 Å². The van der Waals surface area contributed by atoms with Gasteiger partial charge in [0.25, 0.3) is 0 Å². The summed E-state index contributed by atoms with van der Waals surface area (Å²) in [6.45, 7) is 1.53. The van der Waals surface area contributed by atoms with Gasteiger partial charge in [0.2, 0.25) is 0 Å². The zero-order valence-corrected chi connectivity index (χ0v) is 37.4. The van der Waals surface area contributed by atoms with Gasteiger partial charge < -0.3 is 9.40 Å². The minimum atomic E-state index is -2.35. The summed E-state index contributed by atoms with van der Waals surface area (Å²) in [4.78, 5) is 9.19. The largest absolute Gasteiger partial charge is 0 e. The summed E-state index contributed by atoms with van der Waals surface area (Å²) in [5, 5.41) is 1.25. The Bertz CT molecular complexity index is 2710. The molecule has 3 nitrogen and oxygen atoms in total. The van der Waals surface area contributed by atoms with Crippen molar-refractivity contribution in [3.05, 3.63) is 138 Å². The van der Waals surface area contributed by atoms with Gasteiger partial charge in [-0.05, 0) is 72.3 Å². The molecule has 0 N–H and O–H groups in total. The quantitative estimate of drug-likeness (QED) is 0.112. The molecule has 3 saturated carbocycles. The van der Waals surface area contributed by atoms with Crippen LogP contribution in [0, 0.1) is 42.7 Å². The normalized spacial score (nSPS) is 20.4. The fraction of sp³-hybridized carbons (Fsp3) is 0.333. The summed E-state index contributed by atoms with van der Waals surface area (Å²) >= 11 is -2.20. The van der Waals surface area contributed by atoms with Gasteiger partial charge in [-0.2, -0.15) is 0 Å². The Labute approximate surface area is 360 Å². The standard InChI is InChI=1S/C33H30NO.C18H24GeN.Ir/c1-21-7-13-28(30-19-23(15-16-34-30)18-27-17-22-8-10-25(27)11-9-22)33-32(21)29-14-12-26(20-31(29)35-33)24-5-3-2-4-6-24;1-14(2)11-16-12-18(15-9-7-6-8-10-15)20-13-17(16)19(3,4)5;/h2-7,12,14-16,19-20,22,25,27H,8-11,17-18H2,1H3;6-9,12-14H,11H2,1-5H3;/q2*-1;/i1D3,18D2;11D2;. The average molecular weight is 983 g/mol. The molecule has 1 radical (unpaired) electrons. The van der Waals surface area contributed by atoms with E-state index < -0.39 is 32.9 Å². The molecule has 3 aromatic heterocycles. The van der Waals surface area contributed by atoms with E-state index in [4.69, 9.17) is 11.3 Å². The Hall–Kier alpha value is -3.83. The van der Waals surface area contributed by atoms with Crippen LogP contribution in [0.1, 0.15) is 72.2 Å². The summed E-state index contributed by atoms with van der Waals surface area (Å²) in [6, 6.07) is 36.9. The first-order valence-corrected chi connectivity index (χ1v) is 27.1. The van der Waals surface area contributed by atoms with Crippen LogP contribution >= 0.6 is 0 Å². The van der Waals surface area contributed by atoms with Gasteiger partial charge in [0.05, 0.1) is 5.58 Å². The molecule has 56 heavy (non-hydrogen) atoms. The Balaban J connectivity index is 0.000000221. The Morgan fingerprint density at radius 2 is 1.68 bits per heavy atom. The number of fused-ring (bicyclic) bond motifs is 6. The molecule has 0 spiro atoms. The topological polar surface area (TPSA) is 38.9 Å². The van der Waals surface area contributed by atoms with Crippen molar-refractivity contribution in [3.8, 4) is 33.6 Å². The second-order valence-corrected chi connectivity index (χ2v) is 27.2. The van der Waals surface area contributed by atoms with Crippen molar-refractivity contribution in [2.24, 2.45) is 23.7 Å². The number of nitrogens with zero attached hydrogens (tertiary/aromatic N) is 2. The Morgan fingerprint density at radius 1 is 0.875 bits per heavy atom. The van der Waals surface area contributed by atoms with Crippen LogP contribution < -0.4 is 4.40 Å². The van der Waals surface area contributed by atoms with Crippen LogP contribution in [0.4, 0.5) is 0 Å². The van der Waals surface area contributed by atoms with Crippen LogP contribution in [-0.2, 0) is 32.9 Å². The van der Waals surface area contributed by atoms with E-state index in [2.05, 4.69) is 39.4 Å². The Kier molecular flexibility index (Phi) is 9.96. The maximum atomic E-state index is 9.18. The van der Waals surface area contributed by atoms with Gasteiger partial charge in [-0.25, -0.2) is 0 Å². The van der Waals surface area contributed by atoms with E-state index in [-0.39, 0.29) is 37.5 Å². The molecule has 289 valence electrons. The smallest absolute Gasteiger partial charge is 0 e. The predicted octanol–water partition coefficient (Wildman–Crippen LogP) is 13.1. The van der Waals surface area contributed by atoms with Crippen molar-refractivity contribution in [2.45, 2.75) is 82.8 Å². The van der Waals surface area contributed by atoms with Gasteiger partial charge >= 0.3 is 128 Å². The molecule has 1 atom stereocenters. The minimum absolute atomic E-state index is 0. The molecule has 4 aromatic carbocycles. The molecule has 2 bridgehead atoms. The molecule has 3 aliphatic rings. The number of furan rings is 1. The van der Waals surface area contributed by atoms with Crippen LogP contribution in [0.2, 0.25) is 17.3 Å². The maximum absolute atomic E-state index is 9.18. The zero-order valence-electron chi connectivity index (χ0n) is 39.9. The molecule has 0 aliphatic heterocycles.